The van der Waals surface area contributed by atoms with Gasteiger partial charge in [-0.25, -0.2) is 4.79 Å². The third kappa shape index (κ3) is 32.0. The van der Waals surface area contributed by atoms with Crippen LogP contribution in [0.1, 0.15) is 33.6 Å². The Bertz CT molecular complexity index is 562. The number of hydrogen-bond acceptors (Lipinski definition) is 7. The number of halogens is 11. The fourth-order valence-electron chi connectivity index (χ4n) is 1.26. The summed E-state index contributed by atoms with van der Waals surface area (Å²) in [5.74, 6) is -3.21. The average molecular weight is 550 g/mol. The molecule has 0 aromatic heterocycles. The Hall–Kier alpha value is -1.95. The molecule has 0 amide bonds. The Morgan fingerprint density at radius 2 is 1.17 bits per heavy atom. The van der Waals surface area contributed by atoms with Crippen LogP contribution in [0.15, 0.2) is 0 Å². The van der Waals surface area contributed by atoms with Crippen LogP contribution in [0.5, 0.6) is 0 Å². The Morgan fingerprint density at radius 3 is 1.54 bits per heavy atom. The van der Waals surface area contributed by atoms with Crippen LogP contribution < -0.4 is 0 Å². The monoisotopic (exact) mass is 550 g/mol. The summed E-state index contributed by atoms with van der Waals surface area (Å²) in [6, 6.07) is 0. The van der Waals surface area contributed by atoms with Gasteiger partial charge in [0.2, 0.25) is 0 Å². The molecule has 0 aliphatic carbocycles. The van der Waals surface area contributed by atoms with Crippen molar-refractivity contribution in [3.63, 3.8) is 0 Å². The van der Waals surface area contributed by atoms with Gasteiger partial charge in [-0.15, -0.1) is 0 Å². The first-order valence-corrected chi connectivity index (χ1v) is 9.41. The van der Waals surface area contributed by atoms with E-state index in [1.165, 1.54) is 13.8 Å². The maximum Gasteiger partial charge on any atom is 0.458 e. The summed E-state index contributed by atoms with van der Waals surface area (Å²) >= 11 is 0. The minimum atomic E-state index is -4.65. The normalized spacial score (nSPS) is 12.1. The molecule has 35 heavy (non-hydrogen) atoms. The number of carbonyl (C=O) groups excluding carboxylic acids is 2. The minimum Gasteiger partial charge on any atom is -0.466 e. The third-order valence-corrected chi connectivity index (χ3v) is 2.49. The van der Waals surface area contributed by atoms with Crippen LogP contribution >= 0.6 is 0 Å². The SMILES string of the molecule is CCOC(=O)C(F)(F)OCOCC(F)(F)F.CCOC(=O)CC(F)(F)F.CCOCCC(F)(F)F. The zero-order valence-corrected chi connectivity index (χ0v) is 18.7. The van der Waals surface area contributed by atoms with Crippen molar-refractivity contribution in [3.05, 3.63) is 0 Å². The van der Waals surface area contributed by atoms with Crippen LogP contribution in [-0.4, -0.2) is 76.4 Å². The quantitative estimate of drug-likeness (QED) is 0.152. The first-order valence-electron chi connectivity index (χ1n) is 9.41. The van der Waals surface area contributed by atoms with Gasteiger partial charge in [0.05, 0.1) is 26.2 Å². The van der Waals surface area contributed by atoms with E-state index in [1.807, 2.05) is 0 Å². The van der Waals surface area contributed by atoms with Crippen LogP contribution in [0.2, 0.25) is 0 Å². The average Bonchev–Trinajstić information content (AvgIpc) is 2.64. The molecule has 0 heterocycles. The highest BCUT2D eigenvalue weighted by molar-refractivity contribution is 5.75. The predicted octanol–water partition coefficient (Wildman–Crippen LogP) is 5.17. The molecule has 0 spiro atoms. The third-order valence-electron chi connectivity index (χ3n) is 2.49. The first-order chi connectivity index (χ1) is 15.7. The predicted molar refractivity (Wildman–Crippen MR) is 94.0 cm³/mol. The molecule has 0 aliphatic heterocycles. The molecule has 0 aromatic rings. The van der Waals surface area contributed by atoms with Crippen LogP contribution in [0.4, 0.5) is 48.3 Å². The lowest BCUT2D eigenvalue weighted by molar-refractivity contribution is -0.288. The molecule has 0 unspecified atom stereocenters. The second-order valence-electron chi connectivity index (χ2n) is 5.62. The molecular weight excluding hydrogens is 525 g/mol. The van der Waals surface area contributed by atoms with E-state index in [4.69, 9.17) is 0 Å². The van der Waals surface area contributed by atoms with Crippen LogP contribution in [-0.2, 0) is 33.3 Å². The highest BCUT2D eigenvalue weighted by Gasteiger charge is 2.43. The maximum atomic E-state index is 12.6. The standard InChI is InChI=1S/C7H9F5O4.C5H7F3O2.C5H9F3O/c1-2-15-5(13)7(11,12)16-4-14-3-6(8,9)10;1-2-10-4(9)3-5(6,7)8;1-2-9-4-3-5(6,7)8/h2-4H2,1H3;2-3H2,1H3;2-4H2,1H3. The summed E-state index contributed by atoms with van der Waals surface area (Å²) < 4.78 is 147. The number of ether oxygens (including phenoxy) is 5. The summed E-state index contributed by atoms with van der Waals surface area (Å²) in [5, 5.41) is 0. The maximum absolute atomic E-state index is 12.6. The van der Waals surface area contributed by atoms with Crippen molar-refractivity contribution in [3.8, 4) is 0 Å². The van der Waals surface area contributed by atoms with Crippen molar-refractivity contribution in [1.82, 2.24) is 0 Å². The van der Waals surface area contributed by atoms with E-state index < -0.39 is 62.8 Å². The minimum absolute atomic E-state index is 0.0189. The highest BCUT2D eigenvalue weighted by atomic mass is 19.4. The van der Waals surface area contributed by atoms with Crippen molar-refractivity contribution in [2.45, 2.75) is 58.3 Å². The van der Waals surface area contributed by atoms with Gasteiger partial charge in [-0.05, 0) is 20.8 Å². The summed E-state index contributed by atoms with van der Waals surface area (Å²) in [7, 11) is 0. The molecule has 0 aromatic carbocycles. The van der Waals surface area contributed by atoms with Gasteiger partial charge in [-0.3, -0.25) is 9.53 Å². The van der Waals surface area contributed by atoms with E-state index in [2.05, 4.69) is 23.7 Å². The summed E-state index contributed by atoms with van der Waals surface area (Å²) in [5.41, 5.74) is 0. The number of carbonyl (C=O) groups is 2. The number of esters is 2. The number of alkyl halides is 11. The van der Waals surface area contributed by atoms with E-state index in [1.54, 1.807) is 6.92 Å². The van der Waals surface area contributed by atoms with E-state index in [0.717, 1.165) is 0 Å². The van der Waals surface area contributed by atoms with E-state index in [0.29, 0.717) is 6.61 Å². The molecule has 0 fully saturated rings. The number of rotatable bonds is 11. The Labute approximate surface area is 192 Å². The zero-order valence-electron chi connectivity index (χ0n) is 18.7. The van der Waals surface area contributed by atoms with Gasteiger partial charge in [-0.1, -0.05) is 0 Å². The summed E-state index contributed by atoms with van der Waals surface area (Å²) in [6.45, 7) is 1.09. The largest absolute Gasteiger partial charge is 0.466 e. The molecule has 0 saturated heterocycles. The van der Waals surface area contributed by atoms with Crippen molar-refractivity contribution in [2.75, 3.05) is 39.8 Å². The van der Waals surface area contributed by atoms with Gasteiger partial charge in [0.15, 0.2) is 6.79 Å². The highest BCUT2D eigenvalue weighted by Crippen LogP contribution is 2.20. The van der Waals surface area contributed by atoms with E-state index in [-0.39, 0.29) is 19.8 Å². The molecule has 0 saturated carbocycles. The van der Waals surface area contributed by atoms with Gasteiger partial charge < -0.3 is 18.9 Å². The van der Waals surface area contributed by atoms with E-state index in [9.17, 15) is 57.9 Å². The Morgan fingerprint density at radius 1 is 0.657 bits per heavy atom. The molecular formula is C17H25F11O7. The van der Waals surface area contributed by atoms with Crippen molar-refractivity contribution < 1.29 is 81.6 Å². The zero-order chi connectivity index (χ0) is 28.3. The molecule has 0 rings (SSSR count). The fraction of sp³-hybridized carbons (Fsp3) is 0.882. The van der Waals surface area contributed by atoms with Gasteiger partial charge in [-0.2, -0.15) is 48.3 Å². The number of hydrogen-bond donors (Lipinski definition) is 0. The fourth-order valence-corrected chi connectivity index (χ4v) is 1.26. The lowest BCUT2D eigenvalue weighted by Gasteiger charge is -2.15. The second-order valence-corrected chi connectivity index (χ2v) is 5.62. The molecule has 212 valence electrons. The molecule has 0 aliphatic rings. The second kappa shape index (κ2) is 18.3. The van der Waals surface area contributed by atoms with Crippen LogP contribution in [0, 0.1) is 0 Å². The van der Waals surface area contributed by atoms with Gasteiger partial charge in [0.25, 0.3) is 0 Å². The molecule has 0 bridgehead atoms. The molecule has 0 atom stereocenters. The van der Waals surface area contributed by atoms with Crippen LogP contribution in [0.3, 0.4) is 0 Å². The lowest BCUT2D eigenvalue weighted by Crippen LogP contribution is -2.35. The van der Waals surface area contributed by atoms with Crippen LogP contribution in [0.25, 0.3) is 0 Å². The van der Waals surface area contributed by atoms with Gasteiger partial charge in [0, 0.05) is 6.61 Å². The smallest absolute Gasteiger partial charge is 0.458 e. The molecule has 18 heteroatoms. The lowest BCUT2D eigenvalue weighted by atomic mass is 10.4. The van der Waals surface area contributed by atoms with E-state index >= 15 is 0 Å². The van der Waals surface area contributed by atoms with Gasteiger partial charge in [0.1, 0.15) is 13.0 Å². The molecule has 7 nitrogen and oxygen atoms in total. The summed E-state index contributed by atoms with van der Waals surface area (Å²) in [6.07, 6.45) is -19.8. The van der Waals surface area contributed by atoms with Crippen molar-refractivity contribution >= 4 is 11.9 Å². The topological polar surface area (TPSA) is 80.3 Å². The van der Waals surface area contributed by atoms with Gasteiger partial charge >= 0.3 is 36.6 Å². The molecule has 0 radical (unpaired) electrons. The van der Waals surface area contributed by atoms with Crippen molar-refractivity contribution in [2.24, 2.45) is 0 Å². The Balaban J connectivity index is -0.000000466. The Kier molecular flexibility index (Phi) is 19.7. The van der Waals surface area contributed by atoms with Crippen molar-refractivity contribution in [1.29, 1.82) is 0 Å². The first kappa shape index (κ1) is 37.6. The molecule has 0 N–H and O–H groups in total. The summed E-state index contributed by atoms with van der Waals surface area (Å²) in [4.78, 5) is 20.6.